The predicted octanol–water partition coefficient (Wildman–Crippen LogP) is 1.86. The first-order valence-corrected chi connectivity index (χ1v) is 8.26. The molecule has 0 aliphatic rings. The fourth-order valence-corrected chi connectivity index (χ4v) is 4.93. The van der Waals surface area contributed by atoms with E-state index in [9.17, 15) is 13.2 Å². The molecule has 0 aliphatic carbocycles. The molecular formula is C10H14BrNO5S2. The van der Waals surface area contributed by atoms with Crippen molar-refractivity contribution in [3.8, 4) is 0 Å². The first-order chi connectivity index (χ1) is 8.70. The Kier molecular flexibility index (Phi) is 5.51. The highest BCUT2D eigenvalue weighted by Gasteiger charge is 2.28. The number of sulfonamides is 1. The highest BCUT2D eigenvalue weighted by Crippen LogP contribution is 2.33. The Morgan fingerprint density at radius 1 is 1.63 bits per heavy atom. The highest BCUT2D eigenvalue weighted by molar-refractivity contribution is 9.11. The number of nitrogens with zero attached hydrogens (tertiary/aromatic N) is 1. The SMILES string of the molecule is COC(C)CN(C)S(=O)(=O)c1cc(C(=O)O)sc1Br. The third kappa shape index (κ3) is 3.76. The zero-order valence-corrected chi connectivity index (χ0v) is 13.8. The standard InChI is InChI=1S/C10H14BrNO5S2/c1-6(17-3)5-12(2)19(15,16)8-4-7(10(13)14)18-9(8)11/h4,6H,5H2,1-3H3,(H,13,14). The minimum absolute atomic E-state index is 0.0290. The smallest absolute Gasteiger partial charge is 0.345 e. The molecule has 1 heterocycles. The molecule has 1 N–H and O–H groups in total. The Labute approximate surface area is 124 Å². The van der Waals surface area contributed by atoms with Gasteiger partial charge in [-0.05, 0) is 28.9 Å². The topological polar surface area (TPSA) is 83.9 Å². The van der Waals surface area contributed by atoms with Crippen LogP contribution in [0, 0.1) is 0 Å². The average Bonchev–Trinajstić information content (AvgIpc) is 2.71. The van der Waals surface area contributed by atoms with Gasteiger partial charge in [-0.25, -0.2) is 13.2 Å². The van der Waals surface area contributed by atoms with Gasteiger partial charge in [-0.15, -0.1) is 11.3 Å². The summed E-state index contributed by atoms with van der Waals surface area (Å²) in [7, 11) is -0.814. The van der Waals surface area contributed by atoms with Crippen LogP contribution in [0.2, 0.25) is 0 Å². The molecule has 1 aromatic rings. The molecule has 1 unspecified atom stereocenters. The molecule has 0 aliphatic heterocycles. The molecule has 9 heteroatoms. The van der Waals surface area contributed by atoms with E-state index in [2.05, 4.69) is 15.9 Å². The molecule has 0 amide bonds. The van der Waals surface area contributed by atoms with E-state index in [-0.39, 0.29) is 26.2 Å². The van der Waals surface area contributed by atoms with Crippen LogP contribution < -0.4 is 0 Å². The largest absolute Gasteiger partial charge is 0.477 e. The molecule has 6 nitrogen and oxygen atoms in total. The van der Waals surface area contributed by atoms with Crippen LogP contribution in [-0.2, 0) is 14.8 Å². The van der Waals surface area contributed by atoms with Crippen molar-refractivity contribution in [2.75, 3.05) is 20.7 Å². The lowest BCUT2D eigenvalue weighted by Crippen LogP contribution is -2.33. The lowest BCUT2D eigenvalue weighted by atomic mass is 10.4. The van der Waals surface area contributed by atoms with Gasteiger partial charge in [0.05, 0.1) is 9.89 Å². The normalized spacial score (nSPS) is 13.7. The molecule has 1 atom stereocenters. The summed E-state index contributed by atoms with van der Waals surface area (Å²) in [5.74, 6) is -1.15. The Balaban J connectivity index is 3.09. The van der Waals surface area contributed by atoms with E-state index in [1.807, 2.05) is 0 Å². The fourth-order valence-electron chi connectivity index (χ4n) is 1.34. The molecule has 0 saturated carbocycles. The maximum Gasteiger partial charge on any atom is 0.345 e. The number of hydrogen-bond acceptors (Lipinski definition) is 5. The maximum atomic E-state index is 12.3. The summed E-state index contributed by atoms with van der Waals surface area (Å²) in [6, 6.07) is 1.15. The van der Waals surface area contributed by atoms with Crippen molar-refractivity contribution in [1.82, 2.24) is 4.31 Å². The number of halogens is 1. The second kappa shape index (κ2) is 6.31. The minimum atomic E-state index is -3.73. The van der Waals surface area contributed by atoms with E-state index in [0.717, 1.165) is 21.7 Å². The molecule has 0 fully saturated rings. The van der Waals surface area contributed by atoms with E-state index in [1.54, 1.807) is 6.92 Å². The number of carbonyl (C=O) groups is 1. The van der Waals surface area contributed by atoms with Gasteiger partial charge in [0.2, 0.25) is 10.0 Å². The monoisotopic (exact) mass is 371 g/mol. The molecule has 19 heavy (non-hydrogen) atoms. The lowest BCUT2D eigenvalue weighted by Gasteiger charge is -2.20. The molecule has 0 spiro atoms. The van der Waals surface area contributed by atoms with Crippen molar-refractivity contribution in [2.24, 2.45) is 0 Å². The number of thiophene rings is 1. The summed E-state index contributed by atoms with van der Waals surface area (Å²) in [4.78, 5) is 10.8. The van der Waals surface area contributed by atoms with E-state index in [1.165, 1.54) is 14.2 Å². The van der Waals surface area contributed by atoms with E-state index in [0.29, 0.717) is 0 Å². The number of rotatable bonds is 6. The Morgan fingerprint density at radius 2 is 2.21 bits per heavy atom. The summed E-state index contributed by atoms with van der Waals surface area (Å²) in [6.45, 7) is 1.93. The number of likely N-dealkylation sites (N-methyl/N-ethyl adjacent to an activating group) is 1. The third-order valence-electron chi connectivity index (χ3n) is 2.47. The van der Waals surface area contributed by atoms with Gasteiger partial charge >= 0.3 is 5.97 Å². The van der Waals surface area contributed by atoms with Crippen molar-refractivity contribution in [1.29, 1.82) is 0 Å². The van der Waals surface area contributed by atoms with Gasteiger partial charge in [0.25, 0.3) is 0 Å². The third-order valence-corrected chi connectivity index (χ3v) is 6.53. The summed E-state index contributed by atoms with van der Waals surface area (Å²) in [6.07, 6.45) is -0.254. The van der Waals surface area contributed by atoms with Crippen LogP contribution in [0.5, 0.6) is 0 Å². The zero-order chi connectivity index (χ0) is 14.8. The molecule has 108 valence electrons. The van der Waals surface area contributed by atoms with Crippen molar-refractivity contribution < 1.29 is 23.1 Å². The molecule has 0 aromatic carbocycles. The number of hydrogen-bond donors (Lipinski definition) is 1. The van der Waals surface area contributed by atoms with Crippen molar-refractivity contribution >= 4 is 43.3 Å². The van der Waals surface area contributed by atoms with Crippen LogP contribution in [0.3, 0.4) is 0 Å². The number of carboxylic acids is 1. The molecule has 0 bridgehead atoms. The van der Waals surface area contributed by atoms with Crippen LogP contribution in [0.4, 0.5) is 0 Å². The van der Waals surface area contributed by atoms with Gasteiger partial charge in [0.15, 0.2) is 0 Å². The number of aromatic carboxylic acids is 1. The first kappa shape index (κ1) is 16.6. The van der Waals surface area contributed by atoms with Crippen molar-refractivity contribution in [3.63, 3.8) is 0 Å². The summed E-state index contributed by atoms with van der Waals surface area (Å²) >= 11 is 3.96. The van der Waals surface area contributed by atoms with Crippen molar-refractivity contribution in [2.45, 2.75) is 17.9 Å². The van der Waals surface area contributed by atoms with E-state index < -0.39 is 16.0 Å². The molecular weight excluding hydrogens is 358 g/mol. The van der Waals surface area contributed by atoms with Crippen molar-refractivity contribution in [3.05, 3.63) is 14.7 Å². The number of carboxylic acid groups (broad SMARTS) is 1. The zero-order valence-electron chi connectivity index (χ0n) is 10.6. The van der Waals surface area contributed by atoms with Gasteiger partial charge < -0.3 is 9.84 Å². The van der Waals surface area contributed by atoms with E-state index in [4.69, 9.17) is 9.84 Å². The Morgan fingerprint density at radius 3 is 2.63 bits per heavy atom. The van der Waals surface area contributed by atoms with E-state index >= 15 is 0 Å². The Bertz CT molecular complexity index is 568. The average molecular weight is 372 g/mol. The van der Waals surface area contributed by atoms with Crippen LogP contribution in [0.15, 0.2) is 14.7 Å². The summed E-state index contributed by atoms with van der Waals surface area (Å²) < 4.78 is 31.0. The minimum Gasteiger partial charge on any atom is -0.477 e. The van der Waals surface area contributed by atoms with Crippen LogP contribution in [-0.4, -0.2) is 50.6 Å². The summed E-state index contributed by atoms with van der Waals surface area (Å²) in [5.41, 5.74) is 0. The molecule has 1 rings (SSSR count). The van der Waals surface area contributed by atoms with Gasteiger partial charge in [-0.3, -0.25) is 0 Å². The van der Waals surface area contributed by atoms with Crippen LogP contribution in [0.25, 0.3) is 0 Å². The second-order valence-corrected chi connectivity index (χ2v) is 8.27. The Hall–Kier alpha value is -0.480. The molecule has 0 saturated heterocycles. The van der Waals surface area contributed by atoms with Gasteiger partial charge in [-0.1, -0.05) is 0 Å². The quantitative estimate of drug-likeness (QED) is 0.824. The second-order valence-electron chi connectivity index (χ2n) is 3.89. The number of methoxy groups -OCH3 is 1. The van der Waals surface area contributed by atoms with Crippen LogP contribution >= 0.6 is 27.3 Å². The maximum absolute atomic E-state index is 12.3. The molecule has 1 aromatic heterocycles. The lowest BCUT2D eigenvalue weighted by molar-refractivity contribution is 0.0702. The highest BCUT2D eigenvalue weighted by atomic mass is 79.9. The predicted molar refractivity (Wildman–Crippen MR) is 75.3 cm³/mol. The first-order valence-electron chi connectivity index (χ1n) is 5.22. The van der Waals surface area contributed by atoms with Crippen LogP contribution in [0.1, 0.15) is 16.6 Å². The van der Waals surface area contributed by atoms with Gasteiger partial charge in [-0.2, -0.15) is 4.31 Å². The fraction of sp³-hybridized carbons (Fsp3) is 0.500. The summed E-state index contributed by atoms with van der Waals surface area (Å²) in [5, 5.41) is 8.87. The van der Waals surface area contributed by atoms with Gasteiger partial charge in [0.1, 0.15) is 9.77 Å². The molecule has 0 radical (unpaired) electrons. The van der Waals surface area contributed by atoms with Gasteiger partial charge in [0, 0.05) is 20.7 Å². The number of ether oxygens (including phenoxy) is 1.